The summed E-state index contributed by atoms with van der Waals surface area (Å²) in [6.45, 7) is 6.10. The lowest BCUT2D eigenvalue weighted by molar-refractivity contribution is 0.0217. The Morgan fingerprint density at radius 3 is 2.25 bits per heavy atom. The van der Waals surface area contributed by atoms with Gasteiger partial charge in [0.2, 0.25) is 0 Å². The van der Waals surface area contributed by atoms with Crippen molar-refractivity contribution >= 4 is 0 Å². The third kappa shape index (κ3) is 10.3. The predicted octanol–water partition coefficient (Wildman–Crippen LogP) is 0.0265. The van der Waals surface area contributed by atoms with Crippen molar-refractivity contribution in [2.45, 2.75) is 19.4 Å². The predicted molar refractivity (Wildman–Crippen MR) is 62.7 cm³/mol. The van der Waals surface area contributed by atoms with E-state index < -0.39 is 0 Å². The van der Waals surface area contributed by atoms with E-state index >= 15 is 0 Å². The van der Waals surface area contributed by atoms with Crippen LogP contribution in [0, 0.1) is 0 Å². The summed E-state index contributed by atoms with van der Waals surface area (Å²) in [6.07, 6.45) is 0.822. The number of aliphatic hydroxyl groups is 1. The third-order valence-electron chi connectivity index (χ3n) is 2.13. The molecule has 0 aliphatic heterocycles. The molecule has 5 heteroatoms. The number of hydrogen-bond donors (Lipinski definition) is 2. The molecule has 1 unspecified atom stereocenters. The van der Waals surface area contributed by atoms with Crippen LogP contribution in [0.25, 0.3) is 0 Å². The van der Waals surface area contributed by atoms with Crippen molar-refractivity contribution in [3.8, 4) is 0 Å². The van der Waals surface area contributed by atoms with Crippen LogP contribution >= 0.6 is 0 Å². The van der Waals surface area contributed by atoms with Crippen LogP contribution in [0.1, 0.15) is 13.3 Å². The Balaban J connectivity index is 3.12. The number of hydrogen-bond acceptors (Lipinski definition) is 5. The van der Waals surface area contributed by atoms with Gasteiger partial charge in [0.1, 0.15) is 0 Å². The Hall–Kier alpha value is -0.200. The van der Waals surface area contributed by atoms with E-state index in [1.807, 2.05) is 6.92 Å². The average molecular weight is 235 g/mol. The van der Waals surface area contributed by atoms with Crippen LogP contribution in [-0.2, 0) is 14.2 Å². The highest BCUT2D eigenvalue weighted by atomic mass is 16.5. The molecule has 16 heavy (non-hydrogen) atoms. The van der Waals surface area contributed by atoms with Crippen molar-refractivity contribution in [1.29, 1.82) is 0 Å². The standard InChI is InChI=1S/C11H25NO4/c1-3-12-11(10-13)4-5-15-8-9-16-7-6-14-2/h11-13H,3-10H2,1-2H3. The Labute approximate surface area is 98.1 Å². The maximum Gasteiger partial charge on any atom is 0.0701 e. The largest absolute Gasteiger partial charge is 0.395 e. The molecule has 0 aliphatic carbocycles. The van der Waals surface area contributed by atoms with Crippen LogP contribution in [0.5, 0.6) is 0 Å². The van der Waals surface area contributed by atoms with E-state index in [4.69, 9.17) is 19.3 Å². The van der Waals surface area contributed by atoms with Crippen LogP contribution in [0.4, 0.5) is 0 Å². The smallest absolute Gasteiger partial charge is 0.0701 e. The average Bonchev–Trinajstić information content (AvgIpc) is 2.31. The summed E-state index contributed by atoms with van der Waals surface area (Å²) in [4.78, 5) is 0. The second-order valence-corrected chi connectivity index (χ2v) is 3.44. The van der Waals surface area contributed by atoms with E-state index in [0.29, 0.717) is 33.0 Å². The summed E-state index contributed by atoms with van der Waals surface area (Å²) in [6, 6.07) is 0.138. The normalized spacial score (nSPS) is 12.9. The van der Waals surface area contributed by atoms with Crippen LogP contribution in [0.3, 0.4) is 0 Å². The number of methoxy groups -OCH3 is 1. The van der Waals surface area contributed by atoms with Crippen LogP contribution in [-0.4, -0.2) is 64.4 Å². The van der Waals surface area contributed by atoms with Gasteiger partial charge in [-0.2, -0.15) is 0 Å². The van der Waals surface area contributed by atoms with Gasteiger partial charge in [0, 0.05) is 19.8 Å². The first kappa shape index (κ1) is 15.8. The molecule has 1 atom stereocenters. The second-order valence-electron chi connectivity index (χ2n) is 3.44. The molecule has 0 aromatic rings. The Kier molecular flexibility index (Phi) is 12.7. The third-order valence-corrected chi connectivity index (χ3v) is 2.13. The highest BCUT2D eigenvalue weighted by Crippen LogP contribution is 1.92. The van der Waals surface area contributed by atoms with Gasteiger partial charge in [-0.3, -0.25) is 0 Å². The molecule has 0 aromatic carbocycles. The molecule has 0 saturated heterocycles. The molecule has 0 spiro atoms. The van der Waals surface area contributed by atoms with E-state index in [1.165, 1.54) is 0 Å². The van der Waals surface area contributed by atoms with Crippen molar-refractivity contribution in [2.75, 3.05) is 53.3 Å². The van der Waals surface area contributed by atoms with E-state index in [9.17, 15) is 0 Å². The molecular formula is C11H25NO4. The minimum atomic E-state index is 0.138. The molecule has 2 N–H and O–H groups in total. The fraction of sp³-hybridized carbons (Fsp3) is 1.00. The molecule has 0 aliphatic rings. The summed E-state index contributed by atoms with van der Waals surface area (Å²) in [7, 11) is 1.65. The summed E-state index contributed by atoms with van der Waals surface area (Å²) in [5, 5.41) is 12.2. The van der Waals surface area contributed by atoms with Gasteiger partial charge < -0.3 is 24.6 Å². The first-order valence-corrected chi connectivity index (χ1v) is 5.83. The van der Waals surface area contributed by atoms with Crippen molar-refractivity contribution in [1.82, 2.24) is 5.32 Å². The quantitative estimate of drug-likeness (QED) is 0.467. The first-order chi connectivity index (χ1) is 7.85. The Morgan fingerprint density at radius 2 is 1.69 bits per heavy atom. The molecule has 0 heterocycles. The molecule has 0 amide bonds. The Morgan fingerprint density at radius 1 is 1.06 bits per heavy atom. The van der Waals surface area contributed by atoms with Crippen LogP contribution in [0.2, 0.25) is 0 Å². The fourth-order valence-electron chi connectivity index (χ4n) is 1.24. The zero-order chi connectivity index (χ0) is 12.1. The monoisotopic (exact) mass is 235 g/mol. The SMILES string of the molecule is CCNC(CO)CCOCCOCCOC. The molecule has 0 saturated carbocycles. The molecular weight excluding hydrogens is 210 g/mol. The molecule has 0 radical (unpaired) electrons. The molecule has 0 fully saturated rings. The molecule has 0 aromatic heterocycles. The van der Waals surface area contributed by atoms with E-state index in [-0.39, 0.29) is 12.6 Å². The van der Waals surface area contributed by atoms with Gasteiger partial charge in [0.05, 0.1) is 33.0 Å². The number of rotatable bonds is 12. The highest BCUT2D eigenvalue weighted by Gasteiger charge is 2.04. The lowest BCUT2D eigenvalue weighted by Crippen LogP contribution is -2.33. The van der Waals surface area contributed by atoms with Gasteiger partial charge in [-0.1, -0.05) is 6.92 Å². The molecule has 0 bridgehead atoms. The van der Waals surface area contributed by atoms with Crippen LogP contribution < -0.4 is 5.32 Å². The van der Waals surface area contributed by atoms with Gasteiger partial charge in [-0.05, 0) is 13.0 Å². The maximum absolute atomic E-state index is 9.00. The summed E-state index contributed by atoms with van der Waals surface area (Å²) >= 11 is 0. The summed E-state index contributed by atoms with van der Waals surface area (Å²) < 4.78 is 15.5. The molecule has 98 valence electrons. The van der Waals surface area contributed by atoms with Gasteiger partial charge in [-0.15, -0.1) is 0 Å². The minimum absolute atomic E-state index is 0.138. The van der Waals surface area contributed by atoms with Gasteiger partial charge in [0.25, 0.3) is 0 Å². The van der Waals surface area contributed by atoms with Gasteiger partial charge >= 0.3 is 0 Å². The van der Waals surface area contributed by atoms with E-state index in [0.717, 1.165) is 13.0 Å². The number of nitrogens with one attached hydrogen (secondary N) is 1. The van der Waals surface area contributed by atoms with Gasteiger partial charge in [-0.25, -0.2) is 0 Å². The van der Waals surface area contributed by atoms with E-state index in [2.05, 4.69) is 5.32 Å². The minimum Gasteiger partial charge on any atom is -0.395 e. The molecule has 5 nitrogen and oxygen atoms in total. The second kappa shape index (κ2) is 12.9. The maximum atomic E-state index is 9.00. The molecule has 0 rings (SSSR count). The topological polar surface area (TPSA) is 60.0 Å². The number of likely N-dealkylation sites (N-methyl/N-ethyl adjacent to an activating group) is 1. The van der Waals surface area contributed by atoms with Crippen molar-refractivity contribution in [3.05, 3.63) is 0 Å². The van der Waals surface area contributed by atoms with E-state index in [1.54, 1.807) is 7.11 Å². The lowest BCUT2D eigenvalue weighted by atomic mass is 10.2. The lowest BCUT2D eigenvalue weighted by Gasteiger charge is -2.14. The Bertz CT molecular complexity index is 135. The summed E-state index contributed by atoms with van der Waals surface area (Å²) in [5.41, 5.74) is 0. The number of aliphatic hydroxyl groups excluding tert-OH is 1. The number of ether oxygens (including phenoxy) is 3. The van der Waals surface area contributed by atoms with Crippen molar-refractivity contribution < 1.29 is 19.3 Å². The zero-order valence-electron chi connectivity index (χ0n) is 10.4. The first-order valence-electron chi connectivity index (χ1n) is 5.83. The van der Waals surface area contributed by atoms with Gasteiger partial charge in [0.15, 0.2) is 0 Å². The van der Waals surface area contributed by atoms with Crippen molar-refractivity contribution in [3.63, 3.8) is 0 Å². The highest BCUT2D eigenvalue weighted by molar-refractivity contribution is 4.63. The van der Waals surface area contributed by atoms with Crippen molar-refractivity contribution in [2.24, 2.45) is 0 Å². The zero-order valence-corrected chi connectivity index (χ0v) is 10.4. The fourth-order valence-corrected chi connectivity index (χ4v) is 1.24. The summed E-state index contributed by atoms with van der Waals surface area (Å²) in [5.74, 6) is 0. The van der Waals surface area contributed by atoms with Crippen LogP contribution in [0.15, 0.2) is 0 Å².